The van der Waals surface area contributed by atoms with Crippen molar-refractivity contribution in [2.24, 2.45) is 0 Å². The monoisotopic (exact) mass is 842 g/mol. The van der Waals surface area contributed by atoms with Gasteiger partial charge < -0.3 is 33.3 Å². The molecule has 1 aromatic heterocycles. The van der Waals surface area contributed by atoms with Gasteiger partial charge in [-0.3, -0.25) is 0 Å². The fraction of sp³-hybridized carbons (Fsp3) is 0.255. The third kappa shape index (κ3) is 10.2. The van der Waals surface area contributed by atoms with Crippen LogP contribution < -0.4 is 33.3 Å². The highest BCUT2D eigenvalue weighted by Gasteiger charge is 2.21. The number of anilines is 3. The van der Waals surface area contributed by atoms with Gasteiger partial charge in [-0.1, -0.05) is 71.8 Å². The van der Waals surface area contributed by atoms with E-state index in [1.165, 1.54) is 11.1 Å². The van der Waals surface area contributed by atoms with Gasteiger partial charge in [-0.2, -0.15) is 0 Å². The molecule has 7 aromatic rings. The lowest BCUT2D eigenvalue weighted by atomic mass is 9.96. The van der Waals surface area contributed by atoms with Gasteiger partial charge in [0.15, 0.2) is 23.0 Å². The zero-order valence-corrected chi connectivity index (χ0v) is 37.8. The molecule has 0 saturated heterocycles. The highest BCUT2D eigenvalue weighted by atomic mass is 16.5. The number of benzene rings is 6. The standard InChI is InChI=1S/C55H58N2O6/c1-9-58-50-35-54(62-13-5)52(60-11-3)33-46(50)48-31-42(32-49(56-48)47-34-53(61-12-4)55(63-14-6)36-51(47)59-10-2)41-21-19-39(20-22-41)40-23-29-45(30-24-40)57(43-25-15-37(7)16-26-43)44-27-17-38(8)18-28-44/h15-36H,9-14H2,1-8H3. The zero-order valence-electron chi connectivity index (χ0n) is 37.8. The van der Waals surface area contributed by atoms with Gasteiger partial charge in [-0.15, -0.1) is 0 Å². The van der Waals surface area contributed by atoms with E-state index in [1.807, 2.05) is 65.8 Å². The molecule has 0 aliphatic carbocycles. The van der Waals surface area contributed by atoms with Crippen LogP contribution in [0.25, 0.3) is 44.8 Å². The van der Waals surface area contributed by atoms with Crippen molar-refractivity contribution in [2.75, 3.05) is 44.5 Å². The molecule has 8 heteroatoms. The predicted octanol–water partition coefficient (Wildman–Crippen LogP) is 14.2. The van der Waals surface area contributed by atoms with Crippen LogP contribution in [-0.2, 0) is 0 Å². The van der Waals surface area contributed by atoms with Crippen LogP contribution in [0, 0.1) is 13.8 Å². The number of aromatic nitrogens is 1. The molecule has 0 unspecified atom stereocenters. The lowest BCUT2D eigenvalue weighted by Crippen LogP contribution is -2.09. The Kier molecular flexibility index (Phi) is 14.5. The van der Waals surface area contributed by atoms with Crippen LogP contribution in [0.4, 0.5) is 17.1 Å². The van der Waals surface area contributed by atoms with Crippen molar-refractivity contribution in [3.63, 3.8) is 0 Å². The Bertz CT molecular complexity index is 2450. The Morgan fingerprint density at radius 2 is 0.619 bits per heavy atom. The van der Waals surface area contributed by atoms with E-state index in [2.05, 4.69) is 128 Å². The number of hydrogen-bond acceptors (Lipinski definition) is 8. The van der Waals surface area contributed by atoms with Crippen molar-refractivity contribution < 1.29 is 28.4 Å². The van der Waals surface area contributed by atoms with Crippen LogP contribution in [0.2, 0.25) is 0 Å². The number of aryl methyl sites for hydroxylation is 2. The summed E-state index contributed by atoms with van der Waals surface area (Å²) in [6.07, 6.45) is 0. The fourth-order valence-corrected chi connectivity index (χ4v) is 7.57. The summed E-state index contributed by atoms with van der Waals surface area (Å²) in [5, 5.41) is 0. The minimum atomic E-state index is 0.461. The molecule has 63 heavy (non-hydrogen) atoms. The summed E-state index contributed by atoms with van der Waals surface area (Å²) in [6.45, 7) is 18.9. The highest BCUT2D eigenvalue weighted by Crippen LogP contribution is 2.45. The molecule has 6 aromatic carbocycles. The predicted molar refractivity (Wildman–Crippen MR) is 257 cm³/mol. The van der Waals surface area contributed by atoms with E-state index in [0.29, 0.717) is 85.5 Å². The van der Waals surface area contributed by atoms with Crippen molar-refractivity contribution in [1.29, 1.82) is 0 Å². The largest absolute Gasteiger partial charge is 0.493 e. The van der Waals surface area contributed by atoms with E-state index in [1.54, 1.807) is 0 Å². The van der Waals surface area contributed by atoms with E-state index in [-0.39, 0.29) is 0 Å². The molecule has 8 nitrogen and oxygen atoms in total. The first-order valence-corrected chi connectivity index (χ1v) is 22.1. The fourth-order valence-electron chi connectivity index (χ4n) is 7.57. The maximum atomic E-state index is 6.27. The number of rotatable bonds is 19. The van der Waals surface area contributed by atoms with Crippen LogP contribution in [0.1, 0.15) is 52.7 Å². The van der Waals surface area contributed by atoms with E-state index in [0.717, 1.165) is 50.4 Å². The topological polar surface area (TPSA) is 71.5 Å². The van der Waals surface area contributed by atoms with Crippen LogP contribution in [0.5, 0.6) is 34.5 Å². The summed E-state index contributed by atoms with van der Waals surface area (Å²) in [5.41, 5.74) is 12.9. The van der Waals surface area contributed by atoms with E-state index < -0.39 is 0 Å². The molecule has 0 atom stereocenters. The summed E-state index contributed by atoms with van der Waals surface area (Å²) >= 11 is 0. The molecule has 0 spiro atoms. The van der Waals surface area contributed by atoms with Crippen LogP contribution in [0.15, 0.2) is 133 Å². The Morgan fingerprint density at radius 3 is 0.968 bits per heavy atom. The maximum absolute atomic E-state index is 6.27. The Morgan fingerprint density at radius 1 is 0.333 bits per heavy atom. The van der Waals surface area contributed by atoms with Crippen molar-refractivity contribution in [3.05, 3.63) is 145 Å². The first-order valence-electron chi connectivity index (χ1n) is 22.1. The molecule has 0 N–H and O–H groups in total. The molecule has 0 radical (unpaired) electrons. The Labute approximate surface area is 373 Å². The average Bonchev–Trinajstić information content (AvgIpc) is 3.30. The normalized spacial score (nSPS) is 10.9. The van der Waals surface area contributed by atoms with E-state index in [4.69, 9.17) is 33.4 Å². The molecule has 0 bridgehead atoms. The summed E-state index contributed by atoms with van der Waals surface area (Å²) in [6, 6.07) is 46.7. The van der Waals surface area contributed by atoms with Gasteiger partial charge in [0.25, 0.3) is 0 Å². The van der Waals surface area contributed by atoms with Crippen LogP contribution in [-0.4, -0.2) is 44.6 Å². The van der Waals surface area contributed by atoms with Crippen LogP contribution in [0.3, 0.4) is 0 Å². The molecule has 0 amide bonds. The van der Waals surface area contributed by atoms with E-state index >= 15 is 0 Å². The Balaban J connectivity index is 1.33. The van der Waals surface area contributed by atoms with Gasteiger partial charge in [-0.05, 0) is 138 Å². The molecule has 0 aliphatic rings. The minimum Gasteiger partial charge on any atom is -0.493 e. The Hall–Kier alpha value is -6.93. The number of ether oxygens (including phenoxy) is 6. The van der Waals surface area contributed by atoms with Crippen molar-refractivity contribution >= 4 is 17.1 Å². The summed E-state index contributed by atoms with van der Waals surface area (Å²) in [5.74, 6) is 3.78. The molecular formula is C55H58N2O6. The third-order valence-corrected chi connectivity index (χ3v) is 10.5. The molecule has 0 saturated carbocycles. The maximum Gasteiger partial charge on any atom is 0.164 e. The van der Waals surface area contributed by atoms with Gasteiger partial charge in [0.1, 0.15) is 11.5 Å². The van der Waals surface area contributed by atoms with Gasteiger partial charge >= 0.3 is 0 Å². The first kappa shape index (κ1) is 44.1. The van der Waals surface area contributed by atoms with Gasteiger partial charge in [0.05, 0.1) is 51.0 Å². The third-order valence-electron chi connectivity index (χ3n) is 10.5. The molecule has 324 valence electrons. The molecular weight excluding hydrogens is 785 g/mol. The number of nitrogens with zero attached hydrogens (tertiary/aromatic N) is 2. The highest BCUT2D eigenvalue weighted by molar-refractivity contribution is 5.84. The average molecular weight is 843 g/mol. The van der Waals surface area contributed by atoms with Crippen molar-refractivity contribution in [2.45, 2.75) is 55.4 Å². The summed E-state index contributed by atoms with van der Waals surface area (Å²) in [7, 11) is 0. The molecule has 1 heterocycles. The smallest absolute Gasteiger partial charge is 0.164 e. The lowest BCUT2D eigenvalue weighted by molar-refractivity contribution is 0.283. The number of pyridine rings is 1. The lowest BCUT2D eigenvalue weighted by Gasteiger charge is -2.26. The van der Waals surface area contributed by atoms with Crippen LogP contribution >= 0.6 is 0 Å². The van der Waals surface area contributed by atoms with E-state index in [9.17, 15) is 0 Å². The SMILES string of the molecule is CCOc1cc(OCC)c(-c2cc(-c3ccc(-c4ccc(N(c5ccc(C)cc5)c5ccc(C)cc5)cc4)cc3)cc(-c3cc(OCC)c(OCC)cc3OCC)n2)cc1OCC. The quantitative estimate of drug-likeness (QED) is 0.0797. The zero-order chi connectivity index (χ0) is 44.3. The second-order valence-electron chi connectivity index (χ2n) is 14.9. The second kappa shape index (κ2) is 20.8. The van der Waals surface area contributed by atoms with Gasteiger partial charge in [0, 0.05) is 40.3 Å². The van der Waals surface area contributed by atoms with Gasteiger partial charge in [0.2, 0.25) is 0 Å². The second-order valence-corrected chi connectivity index (χ2v) is 14.9. The van der Waals surface area contributed by atoms with Crippen molar-refractivity contribution in [1.82, 2.24) is 4.98 Å². The van der Waals surface area contributed by atoms with Crippen molar-refractivity contribution in [3.8, 4) is 79.3 Å². The molecule has 0 aliphatic heterocycles. The summed E-state index contributed by atoms with van der Waals surface area (Å²) < 4.78 is 36.8. The number of hydrogen-bond donors (Lipinski definition) is 0. The summed E-state index contributed by atoms with van der Waals surface area (Å²) in [4.78, 5) is 7.62. The van der Waals surface area contributed by atoms with Gasteiger partial charge in [-0.25, -0.2) is 4.98 Å². The minimum absolute atomic E-state index is 0.461. The molecule has 7 rings (SSSR count). The first-order chi connectivity index (χ1) is 30.8. The molecule has 0 fully saturated rings.